The fraction of sp³-hybridized carbons (Fsp3) is 0.300. The highest BCUT2D eigenvalue weighted by Gasteiger charge is 2.18. The molecule has 9 heteroatoms. The Morgan fingerprint density at radius 2 is 1.69 bits per heavy atom. The molecule has 0 bridgehead atoms. The number of amides is 1. The van der Waals surface area contributed by atoms with Gasteiger partial charge >= 0.3 is 0 Å². The van der Waals surface area contributed by atoms with E-state index >= 15 is 0 Å². The van der Waals surface area contributed by atoms with E-state index in [0.29, 0.717) is 48.3 Å². The van der Waals surface area contributed by atoms with E-state index in [2.05, 4.69) is 20.8 Å². The number of carbonyl (C=O) groups excluding carboxylic acids is 1. The van der Waals surface area contributed by atoms with Crippen molar-refractivity contribution >= 4 is 11.6 Å². The molecule has 0 fully saturated rings. The van der Waals surface area contributed by atoms with Crippen LogP contribution in [0.25, 0.3) is 5.69 Å². The molecule has 0 saturated heterocycles. The number of benzene rings is 2. The number of tetrazole rings is 1. The molecule has 9 nitrogen and oxygen atoms in total. The number of nitrogens with one attached hydrogen (secondary N) is 1. The van der Waals surface area contributed by atoms with Gasteiger partial charge in [-0.25, -0.2) is 4.68 Å². The van der Waals surface area contributed by atoms with Crippen molar-refractivity contribution in [3.05, 3.63) is 48.3 Å². The number of nitrogens with zero attached hydrogens (tertiary/aromatic N) is 4. The molecule has 2 aromatic carbocycles. The van der Waals surface area contributed by atoms with Crippen LogP contribution in [0.1, 0.15) is 31.1 Å². The zero-order valence-corrected chi connectivity index (χ0v) is 16.6. The van der Waals surface area contributed by atoms with Crippen LogP contribution >= 0.6 is 0 Å². The van der Waals surface area contributed by atoms with Gasteiger partial charge in [-0.3, -0.25) is 4.79 Å². The first-order chi connectivity index (χ1) is 14.2. The monoisotopic (exact) mass is 397 g/mol. The first-order valence-corrected chi connectivity index (χ1v) is 9.37. The Hall–Kier alpha value is -3.62. The van der Waals surface area contributed by atoms with Gasteiger partial charge in [-0.05, 0) is 61.5 Å². The molecular weight excluding hydrogens is 374 g/mol. The molecule has 0 aliphatic rings. The molecule has 1 amide bonds. The van der Waals surface area contributed by atoms with Crippen LogP contribution in [0.4, 0.5) is 5.69 Å². The predicted molar refractivity (Wildman–Crippen MR) is 107 cm³/mol. The number of hydrogen-bond donors (Lipinski definition) is 1. The highest BCUT2D eigenvalue weighted by Crippen LogP contribution is 2.39. The Bertz CT molecular complexity index is 932. The zero-order valence-electron chi connectivity index (χ0n) is 16.6. The second kappa shape index (κ2) is 9.54. The van der Waals surface area contributed by atoms with E-state index in [1.807, 2.05) is 32.9 Å². The first kappa shape index (κ1) is 20.1. The van der Waals surface area contributed by atoms with E-state index in [-0.39, 0.29) is 5.91 Å². The Morgan fingerprint density at radius 1 is 1.00 bits per heavy atom. The van der Waals surface area contributed by atoms with E-state index in [9.17, 15) is 4.79 Å². The molecule has 3 rings (SSSR count). The van der Waals surface area contributed by atoms with E-state index in [1.54, 1.807) is 24.3 Å². The summed E-state index contributed by atoms with van der Waals surface area (Å²) in [5.41, 5.74) is 1.73. The van der Waals surface area contributed by atoms with E-state index in [1.165, 1.54) is 11.0 Å². The molecule has 1 aromatic heterocycles. The number of aromatic nitrogens is 4. The second-order valence-corrected chi connectivity index (χ2v) is 5.86. The molecule has 0 saturated carbocycles. The van der Waals surface area contributed by atoms with Crippen LogP contribution in [0.5, 0.6) is 17.2 Å². The van der Waals surface area contributed by atoms with Gasteiger partial charge in [0.1, 0.15) is 6.33 Å². The molecule has 1 heterocycles. The Kier molecular flexibility index (Phi) is 6.62. The summed E-state index contributed by atoms with van der Waals surface area (Å²) in [6.07, 6.45) is 1.48. The smallest absolute Gasteiger partial charge is 0.255 e. The average Bonchev–Trinajstić information content (AvgIpc) is 3.26. The minimum atomic E-state index is -0.302. The molecule has 0 atom stereocenters. The van der Waals surface area contributed by atoms with Gasteiger partial charge in [-0.1, -0.05) is 6.07 Å². The van der Waals surface area contributed by atoms with Crippen LogP contribution in [0.2, 0.25) is 0 Å². The van der Waals surface area contributed by atoms with Crippen molar-refractivity contribution in [2.75, 3.05) is 25.1 Å². The zero-order chi connectivity index (χ0) is 20.6. The van der Waals surface area contributed by atoms with Gasteiger partial charge in [-0.15, -0.1) is 5.10 Å². The van der Waals surface area contributed by atoms with E-state index < -0.39 is 0 Å². The van der Waals surface area contributed by atoms with Crippen molar-refractivity contribution in [2.24, 2.45) is 0 Å². The van der Waals surface area contributed by atoms with Crippen molar-refractivity contribution in [3.63, 3.8) is 0 Å². The highest BCUT2D eigenvalue weighted by atomic mass is 16.5. The summed E-state index contributed by atoms with van der Waals surface area (Å²) in [5.74, 6) is 1.12. The summed E-state index contributed by atoms with van der Waals surface area (Å²) in [6.45, 7) is 6.94. The van der Waals surface area contributed by atoms with Crippen LogP contribution in [0.15, 0.2) is 42.7 Å². The SMILES string of the molecule is CCOc1cc(C(=O)Nc2cccc(-n3cnnn3)c2)cc(OCC)c1OCC. The second-order valence-electron chi connectivity index (χ2n) is 5.86. The summed E-state index contributed by atoms with van der Waals surface area (Å²) in [5, 5.41) is 14.0. The van der Waals surface area contributed by atoms with E-state index in [0.717, 1.165) is 5.69 Å². The summed E-state index contributed by atoms with van der Waals surface area (Å²) < 4.78 is 18.5. The summed E-state index contributed by atoms with van der Waals surface area (Å²) in [6, 6.07) is 10.5. The lowest BCUT2D eigenvalue weighted by atomic mass is 10.1. The Morgan fingerprint density at radius 3 is 2.28 bits per heavy atom. The third-order valence-electron chi connectivity index (χ3n) is 3.89. The number of ether oxygens (including phenoxy) is 3. The lowest BCUT2D eigenvalue weighted by molar-refractivity contribution is 0.102. The molecule has 3 aromatic rings. The minimum Gasteiger partial charge on any atom is -0.490 e. The van der Waals surface area contributed by atoms with Crippen molar-refractivity contribution in [2.45, 2.75) is 20.8 Å². The van der Waals surface area contributed by atoms with Crippen LogP contribution in [-0.2, 0) is 0 Å². The van der Waals surface area contributed by atoms with Crippen molar-refractivity contribution in [1.82, 2.24) is 20.2 Å². The molecule has 0 aliphatic carbocycles. The summed E-state index contributed by atoms with van der Waals surface area (Å²) >= 11 is 0. The lowest BCUT2D eigenvalue weighted by Gasteiger charge is -2.17. The van der Waals surface area contributed by atoms with Crippen molar-refractivity contribution in [3.8, 4) is 22.9 Å². The minimum absolute atomic E-state index is 0.302. The number of carbonyl (C=O) groups is 1. The normalized spacial score (nSPS) is 10.4. The summed E-state index contributed by atoms with van der Waals surface area (Å²) in [7, 11) is 0. The molecule has 29 heavy (non-hydrogen) atoms. The molecular formula is C20H23N5O4. The molecule has 1 N–H and O–H groups in total. The van der Waals surface area contributed by atoms with Gasteiger partial charge in [-0.2, -0.15) is 0 Å². The maximum atomic E-state index is 12.9. The van der Waals surface area contributed by atoms with Crippen LogP contribution < -0.4 is 19.5 Å². The molecule has 0 unspecified atom stereocenters. The van der Waals surface area contributed by atoms with Gasteiger partial charge in [0.05, 0.1) is 25.5 Å². The summed E-state index contributed by atoms with van der Waals surface area (Å²) in [4.78, 5) is 12.9. The molecule has 152 valence electrons. The lowest BCUT2D eigenvalue weighted by Crippen LogP contribution is -2.13. The third kappa shape index (κ3) is 4.81. The Balaban J connectivity index is 1.89. The van der Waals surface area contributed by atoms with Crippen LogP contribution in [0, 0.1) is 0 Å². The van der Waals surface area contributed by atoms with Gasteiger partial charge < -0.3 is 19.5 Å². The molecule has 0 spiro atoms. The van der Waals surface area contributed by atoms with Crippen molar-refractivity contribution < 1.29 is 19.0 Å². The maximum Gasteiger partial charge on any atom is 0.255 e. The van der Waals surface area contributed by atoms with Gasteiger partial charge in [0.25, 0.3) is 5.91 Å². The predicted octanol–water partition coefficient (Wildman–Crippen LogP) is 3.11. The molecule has 0 radical (unpaired) electrons. The van der Waals surface area contributed by atoms with Gasteiger partial charge in [0, 0.05) is 11.3 Å². The fourth-order valence-electron chi connectivity index (χ4n) is 2.73. The Labute approximate surface area is 168 Å². The molecule has 0 aliphatic heterocycles. The van der Waals surface area contributed by atoms with Gasteiger partial charge in [0.15, 0.2) is 11.5 Å². The first-order valence-electron chi connectivity index (χ1n) is 9.37. The van der Waals surface area contributed by atoms with Crippen molar-refractivity contribution in [1.29, 1.82) is 0 Å². The quantitative estimate of drug-likeness (QED) is 0.592. The van der Waals surface area contributed by atoms with Gasteiger partial charge in [0.2, 0.25) is 5.75 Å². The highest BCUT2D eigenvalue weighted by molar-refractivity contribution is 6.05. The standard InChI is InChI=1S/C20H23N5O4/c1-4-27-17-10-14(11-18(28-5-2)19(17)29-6-3)20(26)22-15-8-7-9-16(12-15)25-13-21-23-24-25/h7-13H,4-6H2,1-3H3,(H,22,26). The van der Waals surface area contributed by atoms with Crippen LogP contribution in [-0.4, -0.2) is 45.9 Å². The maximum absolute atomic E-state index is 12.9. The topological polar surface area (TPSA) is 100 Å². The average molecular weight is 397 g/mol. The number of rotatable bonds is 9. The van der Waals surface area contributed by atoms with Crippen LogP contribution in [0.3, 0.4) is 0 Å². The number of hydrogen-bond acceptors (Lipinski definition) is 7. The largest absolute Gasteiger partial charge is 0.490 e. The fourth-order valence-corrected chi connectivity index (χ4v) is 2.73. The third-order valence-corrected chi connectivity index (χ3v) is 3.89. The number of anilines is 1. The van der Waals surface area contributed by atoms with E-state index in [4.69, 9.17) is 14.2 Å².